The maximum absolute atomic E-state index is 6.68. The Bertz CT molecular complexity index is 3830. The van der Waals surface area contributed by atoms with Gasteiger partial charge in [0.05, 0.1) is 11.6 Å². The second-order valence-corrected chi connectivity index (χ2v) is 15.9. The van der Waals surface area contributed by atoms with Crippen molar-refractivity contribution < 1.29 is 8.83 Å². The largest absolute Gasteiger partial charge is 0.456 e. The minimum Gasteiger partial charge on any atom is -0.456 e. The number of hydrogen-bond acceptors (Lipinski definition) is 5. The summed E-state index contributed by atoms with van der Waals surface area (Å²) >= 11 is 0. The van der Waals surface area contributed by atoms with E-state index in [-0.39, 0.29) is 6.04 Å². The maximum Gasteiger partial charge on any atom is 0.164 e. The van der Waals surface area contributed by atoms with E-state index in [1.807, 2.05) is 24.3 Å². The van der Waals surface area contributed by atoms with Gasteiger partial charge in [-0.1, -0.05) is 133 Å². The summed E-state index contributed by atoms with van der Waals surface area (Å²) in [5.74, 6) is 1.72. The van der Waals surface area contributed by atoms with E-state index in [0.717, 1.165) is 88.9 Å². The van der Waals surface area contributed by atoms with E-state index in [9.17, 15) is 0 Å². The van der Waals surface area contributed by atoms with Gasteiger partial charge in [0.15, 0.2) is 17.5 Å². The lowest BCUT2D eigenvalue weighted by Gasteiger charge is -2.18. The van der Waals surface area contributed by atoms with Gasteiger partial charge in [0, 0.05) is 54.5 Å². The molecule has 0 amide bonds. The lowest BCUT2D eigenvalue weighted by Crippen LogP contribution is -2.06. The van der Waals surface area contributed by atoms with Crippen molar-refractivity contribution in [3.05, 3.63) is 188 Å². The summed E-state index contributed by atoms with van der Waals surface area (Å²) in [5.41, 5.74) is 10.6. The summed E-state index contributed by atoms with van der Waals surface area (Å²) < 4.78 is 15.5. The Balaban J connectivity index is 0.960. The summed E-state index contributed by atoms with van der Waals surface area (Å²) in [6, 6.07) is 57.5. The van der Waals surface area contributed by atoms with Gasteiger partial charge in [-0.3, -0.25) is 0 Å². The molecule has 61 heavy (non-hydrogen) atoms. The Morgan fingerprint density at radius 3 is 1.85 bits per heavy atom. The first-order valence-electron chi connectivity index (χ1n) is 20.7. The normalized spacial score (nSPS) is 14.2. The third kappa shape index (κ3) is 5.39. The third-order valence-corrected chi connectivity index (χ3v) is 12.3. The Kier molecular flexibility index (Phi) is 7.33. The molecule has 1 aliphatic carbocycles. The molecule has 1 atom stereocenters. The van der Waals surface area contributed by atoms with Gasteiger partial charge in [0.2, 0.25) is 0 Å². The smallest absolute Gasteiger partial charge is 0.164 e. The van der Waals surface area contributed by atoms with Gasteiger partial charge in [-0.2, -0.15) is 0 Å². The van der Waals surface area contributed by atoms with Crippen molar-refractivity contribution in [3.63, 3.8) is 0 Å². The molecule has 286 valence electrons. The number of benzene rings is 8. The number of fused-ring (bicyclic) bond motifs is 10. The zero-order valence-corrected chi connectivity index (χ0v) is 32.8. The third-order valence-electron chi connectivity index (χ3n) is 12.3. The standard InChI is InChI=1S/C55H34N4O2/c1-2-13-39(14-3-1)59-46-18-8-6-15-41(46)42-26-23-35(30-47(42)59)40-17-10-20-49-52(40)45-28-25-38(32-51(45)61-49)55-57-53(36-22-21-33-11-4-5-12-34(33)29-36)56-54(58-55)37-24-27-44-43-16-7-9-19-48(43)60-50(44)31-37/h1-13,15-32,39H,14H2. The van der Waals surface area contributed by atoms with Crippen LogP contribution in [0.2, 0.25) is 0 Å². The van der Waals surface area contributed by atoms with Crippen molar-refractivity contribution >= 4 is 76.5 Å². The zero-order valence-electron chi connectivity index (χ0n) is 32.8. The Morgan fingerprint density at radius 2 is 1.03 bits per heavy atom. The van der Waals surface area contributed by atoms with Crippen LogP contribution >= 0.6 is 0 Å². The van der Waals surface area contributed by atoms with Gasteiger partial charge in [-0.05, 0) is 82.9 Å². The maximum atomic E-state index is 6.68. The summed E-state index contributed by atoms with van der Waals surface area (Å²) in [7, 11) is 0. The minimum absolute atomic E-state index is 0.248. The highest BCUT2D eigenvalue weighted by Crippen LogP contribution is 2.42. The van der Waals surface area contributed by atoms with E-state index in [0.29, 0.717) is 17.5 Å². The monoisotopic (exact) mass is 782 g/mol. The van der Waals surface area contributed by atoms with Crippen LogP contribution in [0.4, 0.5) is 0 Å². The van der Waals surface area contributed by atoms with Crippen LogP contribution in [0.15, 0.2) is 197 Å². The van der Waals surface area contributed by atoms with E-state index in [1.165, 1.54) is 21.8 Å². The van der Waals surface area contributed by atoms with Crippen LogP contribution in [-0.2, 0) is 0 Å². The first kappa shape index (κ1) is 33.8. The summed E-state index contributed by atoms with van der Waals surface area (Å²) in [6.07, 6.45) is 9.82. The molecule has 0 fully saturated rings. The second kappa shape index (κ2) is 13.2. The van der Waals surface area contributed by atoms with Gasteiger partial charge < -0.3 is 13.4 Å². The number of furan rings is 2. The zero-order chi connectivity index (χ0) is 40.0. The quantitative estimate of drug-likeness (QED) is 0.174. The van der Waals surface area contributed by atoms with E-state index in [2.05, 4.69) is 168 Å². The molecule has 8 aromatic carbocycles. The van der Waals surface area contributed by atoms with Gasteiger partial charge in [-0.15, -0.1) is 0 Å². The molecular formula is C55H34N4O2. The molecule has 0 bridgehead atoms. The van der Waals surface area contributed by atoms with Gasteiger partial charge in [0.25, 0.3) is 0 Å². The van der Waals surface area contributed by atoms with Crippen molar-refractivity contribution in [1.82, 2.24) is 19.5 Å². The summed E-state index contributed by atoms with van der Waals surface area (Å²) in [6.45, 7) is 0. The van der Waals surface area contributed by atoms with Crippen LogP contribution < -0.4 is 0 Å². The Hall–Kier alpha value is -8.09. The molecule has 0 radical (unpaired) electrons. The second-order valence-electron chi connectivity index (χ2n) is 15.9. The van der Waals surface area contributed by atoms with Crippen LogP contribution in [0.1, 0.15) is 12.5 Å². The highest BCUT2D eigenvalue weighted by molar-refractivity contribution is 6.15. The molecule has 0 aliphatic heterocycles. The summed E-state index contributed by atoms with van der Waals surface area (Å²) in [4.78, 5) is 15.3. The van der Waals surface area contributed by atoms with Crippen LogP contribution in [-0.4, -0.2) is 19.5 Å². The molecule has 1 aliphatic rings. The highest BCUT2D eigenvalue weighted by Gasteiger charge is 2.21. The number of nitrogens with zero attached hydrogens (tertiary/aromatic N) is 4. The summed E-state index contributed by atoms with van der Waals surface area (Å²) in [5, 5.41) is 9.06. The molecule has 1 unspecified atom stereocenters. The molecule has 6 nitrogen and oxygen atoms in total. The molecule has 0 saturated carbocycles. The van der Waals surface area contributed by atoms with Gasteiger partial charge >= 0.3 is 0 Å². The number of para-hydroxylation sites is 2. The minimum atomic E-state index is 0.248. The predicted octanol–water partition coefficient (Wildman–Crippen LogP) is 14.7. The topological polar surface area (TPSA) is 69.9 Å². The fourth-order valence-electron chi connectivity index (χ4n) is 9.45. The number of aromatic nitrogens is 4. The van der Waals surface area contributed by atoms with Crippen molar-refractivity contribution in [1.29, 1.82) is 0 Å². The van der Waals surface area contributed by atoms with Crippen molar-refractivity contribution in [3.8, 4) is 45.3 Å². The molecule has 0 saturated heterocycles. The van der Waals surface area contributed by atoms with Crippen LogP contribution in [0.5, 0.6) is 0 Å². The van der Waals surface area contributed by atoms with Crippen LogP contribution in [0.25, 0.3) is 122 Å². The van der Waals surface area contributed by atoms with E-state index >= 15 is 0 Å². The lowest BCUT2D eigenvalue weighted by atomic mass is 9.97. The van der Waals surface area contributed by atoms with Crippen LogP contribution in [0.3, 0.4) is 0 Å². The fourth-order valence-corrected chi connectivity index (χ4v) is 9.45. The number of rotatable bonds is 5. The predicted molar refractivity (Wildman–Crippen MR) is 249 cm³/mol. The Labute approximate surface area is 349 Å². The highest BCUT2D eigenvalue weighted by atomic mass is 16.3. The lowest BCUT2D eigenvalue weighted by molar-refractivity contribution is 0.648. The molecule has 12 aromatic rings. The number of hydrogen-bond donors (Lipinski definition) is 0. The molecule has 4 heterocycles. The van der Waals surface area contributed by atoms with Crippen molar-refractivity contribution in [2.24, 2.45) is 0 Å². The molecule has 0 spiro atoms. The van der Waals surface area contributed by atoms with E-state index < -0.39 is 0 Å². The SMILES string of the molecule is C1=CCC(n2c3ccccc3c3ccc(-c4cccc5oc6cc(-c7nc(-c8ccc9ccccc9c8)nc(-c8ccc9c(c8)oc8ccccc89)n7)ccc6c45)cc32)C=C1. The van der Waals surface area contributed by atoms with Gasteiger partial charge in [-0.25, -0.2) is 15.0 Å². The molecule has 4 aromatic heterocycles. The van der Waals surface area contributed by atoms with Crippen molar-refractivity contribution in [2.75, 3.05) is 0 Å². The number of allylic oxidation sites excluding steroid dienone is 4. The Morgan fingerprint density at radius 1 is 0.426 bits per heavy atom. The molecule has 6 heteroatoms. The van der Waals surface area contributed by atoms with E-state index in [4.69, 9.17) is 23.8 Å². The molecule has 0 N–H and O–H groups in total. The first-order chi connectivity index (χ1) is 30.2. The van der Waals surface area contributed by atoms with Gasteiger partial charge in [0.1, 0.15) is 22.3 Å². The molecule has 13 rings (SSSR count). The first-order valence-corrected chi connectivity index (χ1v) is 20.7. The van der Waals surface area contributed by atoms with Crippen LogP contribution in [0, 0.1) is 0 Å². The average Bonchev–Trinajstić information content (AvgIpc) is 4.00. The van der Waals surface area contributed by atoms with E-state index in [1.54, 1.807) is 0 Å². The fraction of sp³-hybridized carbons (Fsp3) is 0.0364. The van der Waals surface area contributed by atoms with Crippen molar-refractivity contribution in [2.45, 2.75) is 12.5 Å². The molecular weight excluding hydrogens is 749 g/mol. The average molecular weight is 783 g/mol.